The molecule has 1 fully saturated rings. The smallest absolute Gasteiger partial charge is 0.230 e. The molecule has 7 nitrogen and oxygen atoms in total. The summed E-state index contributed by atoms with van der Waals surface area (Å²) in [5, 5.41) is 3.13. The van der Waals surface area contributed by atoms with E-state index >= 15 is 0 Å². The number of benzene rings is 2. The molecule has 1 amide bonds. The van der Waals surface area contributed by atoms with Crippen molar-refractivity contribution in [2.24, 2.45) is 0 Å². The third-order valence-electron chi connectivity index (χ3n) is 5.18. The summed E-state index contributed by atoms with van der Waals surface area (Å²) in [5.41, 5.74) is 1.87. The first-order chi connectivity index (χ1) is 15.4. The molecule has 1 saturated heterocycles. The minimum absolute atomic E-state index is 0.00352. The number of amides is 1. The zero-order valence-corrected chi connectivity index (χ0v) is 19.3. The number of imidazole rings is 1. The van der Waals surface area contributed by atoms with E-state index in [4.69, 9.17) is 4.74 Å². The number of aromatic amines is 1. The lowest BCUT2D eigenvalue weighted by molar-refractivity contribution is -0.119. The molecule has 3 aromatic rings. The van der Waals surface area contributed by atoms with Crippen LogP contribution in [0.25, 0.3) is 11.4 Å². The molecule has 1 atom stereocenters. The van der Waals surface area contributed by atoms with Crippen molar-refractivity contribution in [1.29, 1.82) is 0 Å². The van der Waals surface area contributed by atoms with Crippen molar-refractivity contribution >= 4 is 27.5 Å². The van der Waals surface area contributed by atoms with Crippen LogP contribution >= 0.6 is 11.8 Å². The van der Waals surface area contributed by atoms with Crippen molar-refractivity contribution in [3.8, 4) is 11.4 Å². The van der Waals surface area contributed by atoms with Gasteiger partial charge in [-0.1, -0.05) is 59.8 Å². The topological polar surface area (TPSA) is 101 Å². The number of hydrogen-bond acceptors (Lipinski definition) is 6. The highest BCUT2D eigenvalue weighted by atomic mass is 32.2. The van der Waals surface area contributed by atoms with Gasteiger partial charge in [0.1, 0.15) is 10.9 Å². The SMILES string of the molecule is Cc1ccc(-c2nc(SCC(=O)NCC3CCCO3)c(S(=O)(=O)c3ccccc3)[nH]2)cc1. The number of hydrogen-bond donors (Lipinski definition) is 2. The van der Waals surface area contributed by atoms with Gasteiger partial charge in [0, 0.05) is 18.7 Å². The third kappa shape index (κ3) is 5.23. The number of nitrogens with one attached hydrogen (secondary N) is 2. The minimum Gasteiger partial charge on any atom is -0.376 e. The predicted molar refractivity (Wildman–Crippen MR) is 123 cm³/mol. The summed E-state index contributed by atoms with van der Waals surface area (Å²) in [5.74, 6) is 0.317. The summed E-state index contributed by atoms with van der Waals surface area (Å²) < 4.78 is 32.1. The van der Waals surface area contributed by atoms with Crippen LogP contribution in [0.2, 0.25) is 0 Å². The molecule has 1 aromatic heterocycles. The number of ether oxygens (including phenoxy) is 1. The fraction of sp³-hybridized carbons (Fsp3) is 0.304. The van der Waals surface area contributed by atoms with E-state index in [1.807, 2.05) is 31.2 Å². The zero-order valence-electron chi connectivity index (χ0n) is 17.7. The van der Waals surface area contributed by atoms with E-state index < -0.39 is 9.84 Å². The average Bonchev–Trinajstić information content (AvgIpc) is 3.48. The molecular formula is C23H25N3O4S2. The summed E-state index contributed by atoms with van der Waals surface area (Å²) in [4.78, 5) is 20.0. The minimum atomic E-state index is -3.83. The maximum Gasteiger partial charge on any atom is 0.230 e. The molecule has 1 unspecified atom stereocenters. The summed E-state index contributed by atoms with van der Waals surface area (Å²) in [6, 6.07) is 15.9. The molecule has 0 bridgehead atoms. The van der Waals surface area contributed by atoms with Crippen molar-refractivity contribution in [2.45, 2.75) is 40.8 Å². The molecule has 9 heteroatoms. The van der Waals surface area contributed by atoms with Crippen molar-refractivity contribution in [3.05, 3.63) is 60.2 Å². The van der Waals surface area contributed by atoms with Gasteiger partial charge < -0.3 is 15.0 Å². The lowest BCUT2D eigenvalue weighted by Gasteiger charge is -2.10. The molecular weight excluding hydrogens is 446 g/mol. The summed E-state index contributed by atoms with van der Waals surface area (Å²) in [6.07, 6.45) is 1.99. The van der Waals surface area contributed by atoms with E-state index in [0.717, 1.165) is 42.3 Å². The number of rotatable bonds is 8. The summed E-state index contributed by atoms with van der Waals surface area (Å²) in [7, 11) is -3.83. The predicted octanol–water partition coefficient (Wildman–Crippen LogP) is 3.61. The van der Waals surface area contributed by atoms with E-state index in [-0.39, 0.29) is 32.7 Å². The van der Waals surface area contributed by atoms with Gasteiger partial charge in [0.15, 0.2) is 5.03 Å². The van der Waals surface area contributed by atoms with Gasteiger partial charge in [-0.3, -0.25) is 4.79 Å². The average molecular weight is 472 g/mol. The van der Waals surface area contributed by atoms with Gasteiger partial charge in [0.2, 0.25) is 15.7 Å². The fourth-order valence-corrected chi connectivity index (χ4v) is 5.88. The number of H-pyrrole nitrogens is 1. The molecule has 0 spiro atoms. The summed E-state index contributed by atoms with van der Waals surface area (Å²) in [6.45, 7) is 3.17. The first-order valence-electron chi connectivity index (χ1n) is 10.4. The van der Waals surface area contributed by atoms with Crippen LogP contribution in [0.5, 0.6) is 0 Å². The standard InChI is InChI=1S/C23H25N3O4S2/c1-16-9-11-17(12-10-16)21-25-22(31-15-20(27)24-14-18-6-5-13-30-18)23(26-21)32(28,29)19-7-3-2-4-8-19/h2-4,7-12,18H,5-6,13-15H2,1H3,(H,24,27)(H,25,26). The van der Waals surface area contributed by atoms with Gasteiger partial charge in [-0.15, -0.1) is 0 Å². The maximum atomic E-state index is 13.3. The van der Waals surface area contributed by atoms with Crippen molar-refractivity contribution in [1.82, 2.24) is 15.3 Å². The van der Waals surface area contributed by atoms with Crippen molar-refractivity contribution in [2.75, 3.05) is 18.9 Å². The Morgan fingerprint density at radius 2 is 1.94 bits per heavy atom. The quantitative estimate of drug-likeness (QED) is 0.487. The summed E-state index contributed by atoms with van der Waals surface area (Å²) >= 11 is 1.10. The molecule has 1 aliphatic rings. The second kappa shape index (κ2) is 9.89. The molecule has 0 saturated carbocycles. The zero-order chi connectivity index (χ0) is 22.6. The number of aryl methyl sites for hydroxylation is 1. The number of aromatic nitrogens is 2. The Labute approximate surface area is 191 Å². The van der Waals surface area contributed by atoms with Crippen LogP contribution in [-0.4, -0.2) is 49.3 Å². The molecule has 168 valence electrons. The molecule has 0 radical (unpaired) electrons. The lowest BCUT2D eigenvalue weighted by Crippen LogP contribution is -2.32. The van der Waals surface area contributed by atoms with Crippen LogP contribution in [0.4, 0.5) is 0 Å². The Hall–Kier alpha value is -2.62. The van der Waals surface area contributed by atoms with Crippen LogP contribution in [0.1, 0.15) is 18.4 Å². The lowest BCUT2D eigenvalue weighted by atomic mass is 10.1. The van der Waals surface area contributed by atoms with E-state index in [9.17, 15) is 13.2 Å². The van der Waals surface area contributed by atoms with Crippen molar-refractivity contribution in [3.63, 3.8) is 0 Å². The molecule has 4 rings (SSSR count). The highest BCUT2D eigenvalue weighted by Crippen LogP contribution is 2.32. The Balaban J connectivity index is 1.57. The van der Waals surface area contributed by atoms with E-state index in [2.05, 4.69) is 15.3 Å². The third-order valence-corrected chi connectivity index (χ3v) is 8.01. The molecule has 2 N–H and O–H groups in total. The number of sulfone groups is 1. The largest absolute Gasteiger partial charge is 0.376 e. The maximum absolute atomic E-state index is 13.3. The number of nitrogens with zero attached hydrogens (tertiary/aromatic N) is 1. The second-order valence-corrected chi connectivity index (χ2v) is 10.5. The van der Waals surface area contributed by atoms with Crippen LogP contribution in [-0.2, 0) is 19.4 Å². The van der Waals surface area contributed by atoms with Gasteiger partial charge in [0.25, 0.3) is 0 Å². The van der Waals surface area contributed by atoms with E-state index in [0.29, 0.717) is 12.4 Å². The number of carbonyl (C=O) groups is 1. The normalized spacial score (nSPS) is 16.2. The van der Waals surface area contributed by atoms with E-state index in [1.54, 1.807) is 30.3 Å². The van der Waals surface area contributed by atoms with Crippen LogP contribution in [0.15, 0.2) is 69.5 Å². The van der Waals surface area contributed by atoms with Crippen LogP contribution in [0.3, 0.4) is 0 Å². The van der Waals surface area contributed by atoms with Gasteiger partial charge in [-0.05, 0) is 31.9 Å². The van der Waals surface area contributed by atoms with Crippen LogP contribution in [0, 0.1) is 6.92 Å². The monoisotopic (exact) mass is 471 g/mol. The van der Waals surface area contributed by atoms with Gasteiger partial charge in [-0.2, -0.15) is 0 Å². The molecule has 0 aliphatic carbocycles. The van der Waals surface area contributed by atoms with Gasteiger partial charge >= 0.3 is 0 Å². The fourth-order valence-electron chi connectivity index (χ4n) is 3.40. The van der Waals surface area contributed by atoms with Crippen LogP contribution < -0.4 is 5.32 Å². The second-order valence-electron chi connectivity index (χ2n) is 7.63. The highest BCUT2D eigenvalue weighted by molar-refractivity contribution is 8.00. The van der Waals surface area contributed by atoms with Crippen molar-refractivity contribution < 1.29 is 17.9 Å². The highest BCUT2D eigenvalue weighted by Gasteiger charge is 2.27. The Bertz CT molecular complexity index is 1170. The molecule has 2 aromatic carbocycles. The number of carbonyl (C=O) groups excluding carboxylic acids is 1. The Morgan fingerprint density at radius 3 is 2.62 bits per heavy atom. The van der Waals surface area contributed by atoms with E-state index in [1.165, 1.54) is 0 Å². The van der Waals surface area contributed by atoms with Gasteiger partial charge in [0.05, 0.1) is 16.8 Å². The Morgan fingerprint density at radius 1 is 1.19 bits per heavy atom. The molecule has 1 aliphatic heterocycles. The Kier molecular flexibility index (Phi) is 6.98. The first kappa shape index (κ1) is 22.6. The molecule has 2 heterocycles. The molecule has 32 heavy (non-hydrogen) atoms. The van der Waals surface area contributed by atoms with Gasteiger partial charge in [-0.25, -0.2) is 13.4 Å². The first-order valence-corrected chi connectivity index (χ1v) is 12.9. The number of thioether (sulfide) groups is 1.